The summed E-state index contributed by atoms with van der Waals surface area (Å²) in [5.74, 6) is 0.963. The number of carbonyl (C=O) groups is 1. The quantitative estimate of drug-likeness (QED) is 0.654. The van der Waals surface area contributed by atoms with Crippen LogP contribution in [0.5, 0.6) is 0 Å². The maximum atomic E-state index is 12.4. The number of hydrogen-bond acceptors (Lipinski definition) is 2. The molecule has 3 unspecified atom stereocenters. The van der Waals surface area contributed by atoms with E-state index in [9.17, 15) is 9.90 Å². The Morgan fingerprint density at radius 3 is 2.82 bits per heavy atom. The molecule has 0 heterocycles. The number of hydrogen-bond donors (Lipinski definition) is 1. The van der Waals surface area contributed by atoms with E-state index < -0.39 is 6.10 Å². The zero-order valence-corrected chi connectivity index (χ0v) is 10.9. The summed E-state index contributed by atoms with van der Waals surface area (Å²) in [4.78, 5) is 12.4. The molecule has 0 aromatic heterocycles. The van der Waals surface area contributed by atoms with E-state index in [1.807, 2.05) is 0 Å². The van der Waals surface area contributed by atoms with Gasteiger partial charge >= 0.3 is 0 Å². The molecule has 2 fully saturated rings. The predicted octanol–water partition coefficient (Wildman–Crippen LogP) is 2.56. The SMILES string of the molecule is C[C@@H]1C(O)[C@H]2CC3=CCC[C@H](C)C3(C)C1C2=O. The van der Waals surface area contributed by atoms with Crippen LogP contribution in [0.25, 0.3) is 0 Å². The Bertz CT molecular complexity index is 398. The van der Waals surface area contributed by atoms with Crippen LogP contribution in [0.15, 0.2) is 11.6 Å². The van der Waals surface area contributed by atoms with Crippen molar-refractivity contribution < 1.29 is 9.90 Å². The number of Topliss-reactive ketones (excluding diaryl/α,β-unsaturated/α-hetero) is 1. The second-order valence-corrected chi connectivity index (χ2v) is 6.53. The summed E-state index contributed by atoms with van der Waals surface area (Å²) in [5, 5.41) is 10.2. The summed E-state index contributed by atoms with van der Waals surface area (Å²) in [5.41, 5.74) is 1.47. The lowest BCUT2D eigenvalue weighted by Crippen LogP contribution is -2.46. The van der Waals surface area contributed by atoms with Crippen molar-refractivity contribution in [3.8, 4) is 0 Å². The molecule has 0 radical (unpaired) electrons. The summed E-state index contributed by atoms with van der Waals surface area (Å²) in [7, 11) is 0. The van der Waals surface area contributed by atoms with Gasteiger partial charge in [-0.1, -0.05) is 32.4 Å². The molecule has 17 heavy (non-hydrogen) atoms. The summed E-state index contributed by atoms with van der Waals surface area (Å²) >= 11 is 0. The maximum absolute atomic E-state index is 12.4. The fourth-order valence-electron chi connectivity index (χ4n) is 4.67. The van der Waals surface area contributed by atoms with E-state index in [4.69, 9.17) is 0 Å². The second kappa shape index (κ2) is 3.44. The highest BCUT2D eigenvalue weighted by molar-refractivity contribution is 5.90. The van der Waals surface area contributed by atoms with Gasteiger partial charge in [-0.3, -0.25) is 4.79 Å². The first-order chi connectivity index (χ1) is 7.98. The molecular weight excluding hydrogens is 212 g/mol. The van der Waals surface area contributed by atoms with Crippen LogP contribution in [0.1, 0.15) is 40.0 Å². The van der Waals surface area contributed by atoms with Crippen LogP contribution in [0.2, 0.25) is 0 Å². The van der Waals surface area contributed by atoms with Gasteiger partial charge < -0.3 is 5.11 Å². The summed E-state index contributed by atoms with van der Waals surface area (Å²) in [6.07, 6.45) is 5.06. The molecule has 3 aliphatic rings. The molecule has 2 heteroatoms. The lowest BCUT2D eigenvalue weighted by Gasteiger charge is -2.48. The fraction of sp³-hybridized carbons (Fsp3) is 0.800. The number of allylic oxidation sites excluding steroid dienone is 2. The molecule has 0 aromatic rings. The van der Waals surface area contributed by atoms with E-state index in [1.165, 1.54) is 12.0 Å². The third-order valence-corrected chi connectivity index (χ3v) is 5.94. The molecule has 3 aliphatic carbocycles. The van der Waals surface area contributed by atoms with Crippen LogP contribution >= 0.6 is 0 Å². The first-order valence-corrected chi connectivity index (χ1v) is 6.89. The largest absolute Gasteiger partial charge is 0.392 e. The van der Waals surface area contributed by atoms with Crippen LogP contribution in [0.4, 0.5) is 0 Å². The van der Waals surface area contributed by atoms with Gasteiger partial charge in [0, 0.05) is 17.3 Å². The average Bonchev–Trinajstić information content (AvgIpc) is 2.43. The van der Waals surface area contributed by atoms with Crippen molar-refractivity contribution in [2.45, 2.75) is 46.1 Å². The zero-order valence-electron chi connectivity index (χ0n) is 10.9. The number of carbonyl (C=O) groups excluding carboxylic acids is 1. The Morgan fingerprint density at radius 1 is 1.41 bits per heavy atom. The minimum atomic E-state index is -0.414. The molecule has 0 spiro atoms. The first kappa shape index (κ1) is 11.5. The molecular formula is C15H22O2. The van der Waals surface area contributed by atoms with Crippen molar-refractivity contribution >= 4 is 5.78 Å². The molecule has 1 N–H and O–H groups in total. The van der Waals surface area contributed by atoms with Gasteiger partial charge in [0.15, 0.2) is 0 Å². The van der Waals surface area contributed by atoms with Gasteiger partial charge in [-0.2, -0.15) is 0 Å². The normalized spacial score (nSPS) is 53.3. The standard InChI is InChI=1S/C15H22O2/c1-8-5-4-6-10-7-11-13(16)9(2)12(14(11)17)15(8,10)3/h6,8-9,11-13,16H,4-5,7H2,1-3H3/t8-,9-,11+,12?,13?,15?/m0/s1. The van der Waals surface area contributed by atoms with Gasteiger partial charge in [-0.05, 0) is 31.1 Å². The Morgan fingerprint density at radius 2 is 2.12 bits per heavy atom. The van der Waals surface area contributed by atoms with Gasteiger partial charge in [0.2, 0.25) is 0 Å². The third kappa shape index (κ3) is 1.22. The number of ketones is 1. The van der Waals surface area contributed by atoms with E-state index >= 15 is 0 Å². The third-order valence-electron chi connectivity index (χ3n) is 5.94. The Hall–Kier alpha value is -0.630. The molecule has 0 amide bonds. The monoisotopic (exact) mass is 234 g/mol. The number of rotatable bonds is 0. The molecule has 3 rings (SSSR count). The molecule has 2 nitrogen and oxygen atoms in total. The highest BCUT2D eigenvalue weighted by Crippen LogP contribution is 2.60. The van der Waals surface area contributed by atoms with Crippen molar-refractivity contribution in [2.75, 3.05) is 0 Å². The lowest BCUT2D eigenvalue weighted by atomic mass is 9.55. The number of aliphatic hydroxyl groups excluding tert-OH is 1. The zero-order chi connectivity index (χ0) is 12.4. The number of aliphatic hydroxyl groups is 1. The molecule has 2 saturated carbocycles. The van der Waals surface area contributed by atoms with Crippen molar-refractivity contribution in [1.29, 1.82) is 0 Å². The van der Waals surface area contributed by atoms with E-state index in [1.54, 1.807) is 0 Å². The topological polar surface area (TPSA) is 37.3 Å². The van der Waals surface area contributed by atoms with Crippen LogP contribution in [-0.2, 0) is 4.79 Å². The summed E-state index contributed by atoms with van der Waals surface area (Å²) in [6, 6.07) is 0. The smallest absolute Gasteiger partial charge is 0.143 e. The Labute approximate surface area is 103 Å². The van der Waals surface area contributed by atoms with E-state index in [-0.39, 0.29) is 23.2 Å². The molecule has 94 valence electrons. The molecule has 0 aliphatic heterocycles. The van der Waals surface area contributed by atoms with Crippen LogP contribution < -0.4 is 0 Å². The number of fused-ring (bicyclic) bond motifs is 4. The van der Waals surface area contributed by atoms with Crippen molar-refractivity contribution in [3.63, 3.8) is 0 Å². The highest BCUT2D eigenvalue weighted by Gasteiger charge is 2.61. The Balaban J connectivity index is 2.13. The van der Waals surface area contributed by atoms with Crippen molar-refractivity contribution in [1.82, 2.24) is 0 Å². The van der Waals surface area contributed by atoms with Gasteiger partial charge in [0.05, 0.1) is 6.10 Å². The van der Waals surface area contributed by atoms with Gasteiger partial charge in [-0.15, -0.1) is 0 Å². The molecule has 0 aromatic carbocycles. The minimum absolute atomic E-state index is 0.0166. The summed E-state index contributed by atoms with van der Waals surface area (Å²) in [6.45, 7) is 6.59. The van der Waals surface area contributed by atoms with Crippen LogP contribution in [-0.4, -0.2) is 17.0 Å². The molecule has 6 atom stereocenters. The van der Waals surface area contributed by atoms with Gasteiger partial charge in [0.25, 0.3) is 0 Å². The van der Waals surface area contributed by atoms with Gasteiger partial charge in [-0.25, -0.2) is 0 Å². The molecule has 0 saturated heterocycles. The first-order valence-electron chi connectivity index (χ1n) is 6.89. The van der Waals surface area contributed by atoms with Crippen LogP contribution in [0, 0.1) is 29.1 Å². The van der Waals surface area contributed by atoms with E-state index in [0.29, 0.717) is 11.7 Å². The minimum Gasteiger partial charge on any atom is -0.392 e. The van der Waals surface area contributed by atoms with E-state index in [0.717, 1.165) is 12.8 Å². The Kier molecular flexibility index (Phi) is 2.32. The molecule has 2 bridgehead atoms. The van der Waals surface area contributed by atoms with E-state index in [2.05, 4.69) is 26.8 Å². The fourth-order valence-corrected chi connectivity index (χ4v) is 4.67. The summed E-state index contributed by atoms with van der Waals surface area (Å²) < 4.78 is 0. The van der Waals surface area contributed by atoms with Crippen molar-refractivity contribution in [2.24, 2.45) is 29.1 Å². The average molecular weight is 234 g/mol. The maximum Gasteiger partial charge on any atom is 0.143 e. The van der Waals surface area contributed by atoms with Crippen LogP contribution in [0.3, 0.4) is 0 Å². The highest BCUT2D eigenvalue weighted by atomic mass is 16.3. The van der Waals surface area contributed by atoms with Gasteiger partial charge in [0.1, 0.15) is 5.78 Å². The lowest BCUT2D eigenvalue weighted by molar-refractivity contribution is -0.131. The predicted molar refractivity (Wildman–Crippen MR) is 66.4 cm³/mol. The second-order valence-electron chi connectivity index (χ2n) is 6.53. The van der Waals surface area contributed by atoms with Crippen molar-refractivity contribution in [3.05, 3.63) is 11.6 Å².